The van der Waals surface area contributed by atoms with E-state index in [1.165, 1.54) is 12.7 Å². The van der Waals surface area contributed by atoms with Gasteiger partial charge in [-0.25, -0.2) is 10.2 Å². The molecule has 0 atom stereocenters. The first-order chi connectivity index (χ1) is 14.8. The molecule has 1 heterocycles. The van der Waals surface area contributed by atoms with Crippen LogP contribution in [0, 0.1) is 27.7 Å². The minimum atomic E-state index is -0.392. The van der Waals surface area contributed by atoms with Crippen molar-refractivity contribution in [2.45, 2.75) is 34.1 Å². The number of amides is 1. The maximum Gasteiger partial charge on any atom is 0.339 e. The molecule has 2 aromatic carbocycles. The molecule has 1 aromatic heterocycles. The number of carbonyl (C=O) groups excluding carboxylic acids is 2. The molecule has 0 aliphatic rings. The number of nitrogens with zero attached hydrogens (tertiary/aromatic N) is 2. The van der Waals surface area contributed by atoms with E-state index in [1.54, 1.807) is 18.3 Å². The van der Waals surface area contributed by atoms with Crippen LogP contribution in [-0.2, 0) is 16.0 Å². The fourth-order valence-electron chi connectivity index (χ4n) is 3.55. The normalized spacial score (nSPS) is 11.0. The van der Waals surface area contributed by atoms with Crippen LogP contribution in [0.5, 0.6) is 0 Å². The standard InChI is InChI=1S/C25H27N3O3/c1-16-10-11-20(12-17(16)2)14-24(29)27-26-15-21-13-18(3)28(19(21)4)23-9-7-6-8-22(23)25(30)31-5/h6-13,15H,14H2,1-5H3,(H,27,29)/b26-15-. The Morgan fingerprint density at radius 1 is 1.03 bits per heavy atom. The topological polar surface area (TPSA) is 72.7 Å². The average molecular weight is 418 g/mol. The molecule has 3 rings (SSSR count). The number of rotatable bonds is 6. The van der Waals surface area contributed by atoms with Crippen LogP contribution < -0.4 is 5.43 Å². The molecule has 0 bridgehead atoms. The van der Waals surface area contributed by atoms with Gasteiger partial charge in [-0.05, 0) is 62.6 Å². The van der Waals surface area contributed by atoms with E-state index in [4.69, 9.17) is 4.74 Å². The van der Waals surface area contributed by atoms with Gasteiger partial charge in [-0.2, -0.15) is 5.10 Å². The van der Waals surface area contributed by atoms with Gasteiger partial charge in [0, 0.05) is 17.0 Å². The Labute approximate surface area is 182 Å². The largest absolute Gasteiger partial charge is 0.465 e. The third-order valence-corrected chi connectivity index (χ3v) is 5.35. The van der Waals surface area contributed by atoms with Gasteiger partial charge in [0.25, 0.3) is 0 Å². The van der Waals surface area contributed by atoms with Crippen molar-refractivity contribution < 1.29 is 14.3 Å². The van der Waals surface area contributed by atoms with Gasteiger partial charge in [-0.1, -0.05) is 30.3 Å². The molecule has 0 radical (unpaired) electrons. The summed E-state index contributed by atoms with van der Waals surface area (Å²) in [5, 5.41) is 4.13. The number of para-hydroxylation sites is 1. The molecule has 0 saturated heterocycles. The Morgan fingerprint density at radius 3 is 2.48 bits per heavy atom. The van der Waals surface area contributed by atoms with E-state index in [0.29, 0.717) is 5.56 Å². The van der Waals surface area contributed by atoms with E-state index in [0.717, 1.165) is 33.8 Å². The van der Waals surface area contributed by atoms with Crippen molar-refractivity contribution in [3.63, 3.8) is 0 Å². The molecule has 3 aromatic rings. The lowest BCUT2D eigenvalue weighted by atomic mass is 10.0. The molecular formula is C25H27N3O3. The summed E-state index contributed by atoms with van der Waals surface area (Å²) in [6.45, 7) is 7.97. The SMILES string of the molecule is COC(=O)c1ccccc1-n1c(C)cc(/C=N\NC(=O)Cc2ccc(C)c(C)c2)c1C. The first kappa shape index (κ1) is 22.0. The Bertz CT molecular complexity index is 1160. The van der Waals surface area contributed by atoms with E-state index < -0.39 is 5.97 Å². The second kappa shape index (κ2) is 9.43. The molecule has 160 valence electrons. The molecule has 31 heavy (non-hydrogen) atoms. The van der Waals surface area contributed by atoms with Gasteiger partial charge in [0.15, 0.2) is 0 Å². The number of benzene rings is 2. The maximum absolute atomic E-state index is 12.2. The molecular weight excluding hydrogens is 390 g/mol. The molecule has 0 saturated carbocycles. The van der Waals surface area contributed by atoms with Gasteiger partial charge in [0.05, 0.1) is 31.0 Å². The summed E-state index contributed by atoms with van der Waals surface area (Å²) in [4.78, 5) is 24.4. The van der Waals surface area contributed by atoms with Crippen molar-refractivity contribution in [3.8, 4) is 5.69 Å². The van der Waals surface area contributed by atoms with Crippen molar-refractivity contribution in [2.75, 3.05) is 7.11 Å². The fourth-order valence-corrected chi connectivity index (χ4v) is 3.55. The van der Waals surface area contributed by atoms with Gasteiger partial charge in [0.2, 0.25) is 5.91 Å². The number of carbonyl (C=O) groups is 2. The number of nitrogens with one attached hydrogen (secondary N) is 1. The second-order valence-electron chi connectivity index (χ2n) is 7.56. The minimum Gasteiger partial charge on any atom is -0.465 e. The summed E-state index contributed by atoms with van der Waals surface area (Å²) >= 11 is 0. The number of hydrogen-bond donors (Lipinski definition) is 1. The summed E-state index contributed by atoms with van der Waals surface area (Å²) in [5.41, 5.74) is 9.83. The molecule has 0 fully saturated rings. The molecule has 0 unspecified atom stereocenters. The van der Waals surface area contributed by atoms with Crippen LogP contribution in [0.4, 0.5) is 0 Å². The summed E-state index contributed by atoms with van der Waals surface area (Å²) in [7, 11) is 1.37. The first-order valence-electron chi connectivity index (χ1n) is 10.1. The van der Waals surface area contributed by atoms with Crippen molar-refractivity contribution in [2.24, 2.45) is 5.10 Å². The monoisotopic (exact) mass is 417 g/mol. The van der Waals surface area contributed by atoms with Crippen LogP contribution >= 0.6 is 0 Å². The molecule has 0 aliphatic carbocycles. The van der Waals surface area contributed by atoms with Gasteiger partial charge in [-0.15, -0.1) is 0 Å². The highest BCUT2D eigenvalue weighted by atomic mass is 16.5. The lowest BCUT2D eigenvalue weighted by Gasteiger charge is -2.13. The van der Waals surface area contributed by atoms with Crippen LogP contribution in [0.1, 0.15) is 44.0 Å². The number of hydrogen-bond acceptors (Lipinski definition) is 4. The van der Waals surface area contributed by atoms with Crippen LogP contribution in [0.3, 0.4) is 0 Å². The molecule has 6 heteroatoms. The third-order valence-electron chi connectivity index (χ3n) is 5.35. The lowest BCUT2D eigenvalue weighted by molar-refractivity contribution is -0.120. The quantitative estimate of drug-likeness (QED) is 0.371. The summed E-state index contributed by atoms with van der Waals surface area (Å²) in [6.07, 6.45) is 1.89. The Balaban J connectivity index is 1.77. The number of aryl methyl sites for hydroxylation is 3. The number of esters is 1. The third kappa shape index (κ3) is 4.91. The van der Waals surface area contributed by atoms with Crippen LogP contribution in [0.15, 0.2) is 53.6 Å². The van der Waals surface area contributed by atoms with Crippen molar-refractivity contribution in [1.29, 1.82) is 0 Å². The number of hydrazone groups is 1. The van der Waals surface area contributed by atoms with Crippen LogP contribution in [0.2, 0.25) is 0 Å². The van der Waals surface area contributed by atoms with E-state index in [2.05, 4.69) is 10.5 Å². The summed E-state index contributed by atoms with van der Waals surface area (Å²) in [5.74, 6) is -0.568. The van der Waals surface area contributed by atoms with E-state index in [-0.39, 0.29) is 12.3 Å². The Hall–Kier alpha value is -3.67. The van der Waals surface area contributed by atoms with E-state index in [1.807, 2.05) is 68.7 Å². The van der Waals surface area contributed by atoms with Crippen LogP contribution in [0.25, 0.3) is 5.69 Å². The Morgan fingerprint density at radius 2 is 1.77 bits per heavy atom. The molecule has 0 spiro atoms. The smallest absolute Gasteiger partial charge is 0.339 e. The maximum atomic E-state index is 12.2. The number of methoxy groups -OCH3 is 1. The second-order valence-corrected chi connectivity index (χ2v) is 7.56. The van der Waals surface area contributed by atoms with E-state index >= 15 is 0 Å². The zero-order chi connectivity index (χ0) is 22.5. The predicted octanol–water partition coefficient (Wildman–Crippen LogP) is 4.19. The number of aromatic nitrogens is 1. The molecule has 0 aliphatic heterocycles. The average Bonchev–Trinajstić information content (AvgIpc) is 3.03. The van der Waals surface area contributed by atoms with Crippen molar-refractivity contribution >= 4 is 18.1 Å². The Kier molecular flexibility index (Phi) is 6.70. The van der Waals surface area contributed by atoms with Crippen LogP contribution in [-0.4, -0.2) is 29.8 Å². The van der Waals surface area contributed by atoms with E-state index in [9.17, 15) is 9.59 Å². The predicted molar refractivity (Wildman–Crippen MR) is 122 cm³/mol. The van der Waals surface area contributed by atoms with Gasteiger partial charge >= 0.3 is 5.97 Å². The highest BCUT2D eigenvalue weighted by Gasteiger charge is 2.17. The number of ether oxygens (including phenoxy) is 1. The summed E-state index contributed by atoms with van der Waals surface area (Å²) < 4.78 is 6.89. The van der Waals surface area contributed by atoms with Crippen molar-refractivity contribution in [3.05, 3.63) is 87.7 Å². The zero-order valence-electron chi connectivity index (χ0n) is 18.5. The highest BCUT2D eigenvalue weighted by molar-refractivity contribution is 5.94. The zero-order valence-corrected chi connectivity index (χ0v) is 18.5. The van der Waals surface area contributed by atoms with Gasteiger partial charge < -0.3 is 9.30 Å². The van der Waals surface area contributed by atoms with Gasteiger partial charge in [-0.3, -0.25) is 4.79 Å². The molecule has 6 nitrogen and oxygen atoms in total. The minimum absolute atomic E-state index is 0.177. The molecule has 1 amide bonds. The fraction of sp³-hybridized carbons (Fsp3) is 0.240. The lowest BCUT2D eigenvalue weighted by Crippen LogP contribution is -2.19. The molecule has 1 N–H and O–H groups in total. The highest BCUT2D eigenvalue weighted by Crippen LogP contribution is 2.23. The van der Waals surface area contributed by atoms with Crippen molar-refractivity contribution in [1.82, 2.24) is 9.99 Å². The summed E-state index contributed by atoms with van der Waals surface area (Å²) in [6, 6.07) is 15.2. The first-order valence-corrected chi connectivity index (χ1v) is 10.1. The van der Waals surface area contributed by atoms with Gasteiger partial charge in [0.1, 0.15) is 0 Å².